The molecule has 0 aliphatic heterocycles. The third-order valence-electron chi connectivity index (χ3n) is 1.86. The van der Waals surface area contributed by atoms with Crippen LogP contribution < -0.4 is 11.1 Å². The van der Waals surface area contributed by atoms with E-state index in [0.717, 1.165) is 6.42 Å². The fourth-order valence-electron chi connectivity index (χ4n) is 1.19. The molecule has 0 heterocycles. The first-order valence-corrected chi connectivity index (χ1v) is 4.89. The minimum atomic E-state index is -4.26. The Balaban J connectivity index is 3.96. The summed E-state index contributed by atoms with van der Waals surface area (Å²) in [7, 11) is 0. The molecule has 0 saturated carbocycles. The second-order valence-electron chi connectivity index (χ2n) is 3.62. The van der Waals surface area contributed by atoms with Gasteiger partial charge in [0.1, 0.15) is 0 Å². The molecular weight excluding hydrogens is 209 g/mol. The summed E-state index contributed by atoms with van der Waals surface area (Å²) >= 11 is 0. The van der Waals surface area contributed by atoms with Crippen LogP contribution in [0, 0.1) is 0 Å². The van der Waals surface area contributed by atoms with E-state index >= 15 is 0 Å². The average Bonchev–Trinajstić information content (AvgIpc) is 2.00. The lowest BCUT2D eigenvalue weighted by molar-refractivity contribution is -0.141. The van der Waals surface area contributed by atoms with Crippen LogP contribution in [0.15, 0.2) is 0 Å². The zero-order valence-electron chi connectivity index (χ0n) is 8.90. The maximum atomic E-state index is 11.9. The van der Waals surface area contributed by atoms with Gasteiger partial charge in [0.2, 0.25) is 5.91 Å². The number of carbonyl (C=O) groups excluding carboxylic acids is 1. The molecule has 0 aromatic rings. The molecule has 90 valence electrons. The van der Waals surface area contributed by atoms with Gasteiger partial charge in [0, 0.05) is 6.04 Å². The van der Waals surface area contributed by atoms with Crippen molar-refractivity contribution in [3.8, 4) is 0 Å². The van der Waals surface area contributed by atoms with Crippen molar-refractivity contribution in [3.63, 3.8) is 0 Å². The van der Waals surface area contributed by atoms with Crippen molar-refractivity contribution in [2.75, 3.05) is 0 Å². The van der Waals surface area contributed by atoms with E-state index in [2.05, 4.69) is 5.32 Å². The van der Waals surface area contributed by atoms with E-state index in [1.165, 1.54) is 6.92 Å². The monoisotopic (exact) mass is 226 g/mol. The van der Waals surface area contributed by atoms with Gasteiger partial charge in [-0.05, 0) is 13.3 Å². The molecule has 6 heteroatoms. The van der Waals surface area contributed by atoms with Crippen LogP contribution in [0.1, 0.15) is 33.1 Å². The molecule has 2 atom stereocenters. The maximum Gasteiger partial charge on any atom is 0.391 e. The van der Waals surface area contributed by atoms with Crippen LogP contribution in [0.3, 0.4) is 0 Å². The lowest BCUT2D eigenvalue weighted by Gasteiger charge is -2.18. The zero-order chi connectivity index (χ0) is 12.1. The van der Waals surface area contributed by atoms with Gasteiger partial charge < -0.3 is 11.1 Å². The van der Waals surface area contributed by atoms with Gasteiger partial charge in [0.25, 0.3) is 0 Å². The summed E-state index contributed by atoms with van der Waals surface area (Å²) in [6, 6.07) is -1.65. The standard InChI is InChI=1S/C9H17F3N2O/c1-3-4-7(13)8(15)14-6(2)5-9(10,11)12/h6-7H,3-5,13H2,1-2H3,(H,14,15)/t6?,7-/m0/s1. The normalized spacial score (nSPS) is 15.9. The van der Waals surface area contributed by atoms with Crippen LogP contribution in [0.5, 0.6) is 0 Å². The van der Waals surface area contributed by atoms with Crippen molar-refractivity contribution in [2.45, 2.75) is 51.4 Å². The molecule has 15 heavy (non-hydrogen) atoms. The Morgan fingerprint density at radius 1 is 1.47 bits per heavy atom. The highest BCUT2D eigenvalue weighted by atomic mass is 19.4. The minimum Gasteiger partial charge on any atom is -0.352 e. The molecule has 0 aliphatic carbocycles. The van der Waals surface area contributed by atoms with E-state index in [9.17, 15) is 18.0 Å². The summed E-state index contributed by atoms with van der Waals surface area (Å²) in [6.07, 6.45) is -4.09. The van der Waals surface area contributed by atoms with E-state index in [4.69, 9.17) is 5.73 Å². The van der Waals surface area contributed by atoms with Crippen molar-refractivity contribution < 1.29 is 18.0 Å². The largest absolute Gasteiger partial charge is 0.391 e. The number of hydrogen-bond acceptors (Lipinski definition) is 2. The molecule has 0 fully saturated rings. The van der Waals surface area contributed by atoms with Gasteiger partial charge >= 0.3 is 6.18 Å². The molecule has 3 nitrogen and oxygen atoms in total. The highest BCUT2D eigenvalue weighted by Crippen LogP contribution is 2.21. The second kappa shape index (κ2) is 5.95. The third kappa shape index (κ3) is 7.18. The van der Waals surface area contributed by atoms with E-state index < -0.39 is 30.6 Å². The Kier molecular flexibility index (Phi) is 5.64. The van der Waals surface area contributed by atoms with Crippen LogP contribution in [0.2, 0.25) is 0 Å². The number of nitrogens with two attached hydrogens (primary N) is 1. The predicted octanol–water partition coefficient (Wildman–Crippen LogP) is 1.57. The number of nitrogens with one attached hydrogen (secondary N) is 1. The van der Waals surface area contributed by atoms with Crippen LogP contribution >= 0.6 is 0 Å². The van der Waals surface area contributed by atoms with Crippen LogP contribution in [-0.4, -0.2) is 24.2 Å². The topological polar surface area (TPSA) is 55.1 Å². The molecule has 3 N–H and O–H groups in total. The van der Waals surface area contributed by atoms with Gasteiger partial charge in [0.05, 0.1) is 12.5 Å². The van der Waals surface area contributed by atoms with Gasteiger partial charge in [-0.15, -0.1) is 0 Å². The van der Waals surface area contributed by atoms with Crippen molar-refractivity contribution in [1.29, 1.82) is 0 Å². The minimum absolute atomic E-state index is 0.477. The molecule has 0 aromatic carbocycles. The quantitative estimate of drug-likeness (QED) is 0.747. The fraction of sp³-hybridized carbons (Fsp3) is 0.889. The lowest BCUT2D eigenvalue weighted by Crippen LogP contribution is -2.45. The summed E-state index contributed by atoms with van der Waals surface area (Å²) < 4.78 is 35.8. The molecule has 0 rings (SSSR count). The Morgan fingerprint density at radius 2 is 2.00 bits per heavy atom. The van der Waals surface area contributed by atoms with Crippen molar-refractivity contribution in [2.24, 2.45) is 5.73 Å². The van der Waals surface area contributed by atoms with Gasteiger partial charge in [-0.25, -0.2) is 0 Å². The maximum absolute atomic E-state index is 11.9. The zero-order valence-corrected chi connectivity index (χ0v) is 8.90. The summed E-state index contributed by atoms with van der Waals surface area (Å²) in [6.45, 7) is 3.16. The summed E-state index contributed by atoms with van der Waals surface area (Å²) in [4.78, 5) is 11.2. The highest BCUT2D eigenvalue weighted by molar-refractivity contribution is 5.81. The summed E-state index contributed by atoms with van der Waals surface area (Å²) in [5.74, 6) is -0.520. The first-order chi connectivity index (χ1) is 6.76. The van der Waals surface area contributed by atoms with E-state index in [-0.39, 0.29) is 0 Å². The SMILES string of the molecule is CCC[C@H](N)C(=O)NC(C)CC(F)(F)F. The van der Waals surface area contributed by atoms with E-state index in [1.54, 1.807) is 0 Å². The number of amides is 1. The van der Waals surface area contributed by atoms with Gasteiger partial charge in [-0.3, -0.25) is 4.79 Å². The molecule has 0 bridgehead atoms. The molecule has 0 radical (unpaired) electrons. The van der Waals surface area contributed by atoms with E-state index in [0.29, 0.717) is 6.42 Å². The molecule has 0 aromatic heterocycles. The fourth-order valence-corrected chi connectivity index (χ4v) is 1.19. The Hall–Kier alpha value is -0.780. The third-order valence-corrected chi connectivity index (χ3v) is 1.86. The Bertz CT molecular complexity index is 206. The predicted molar refractivity (Wildman–Crippen MR) is 51.2 cm³/mol. The Labute approximate surface area is 87.2 Å². The molecule has 0 spiro atoms. The summed E-state index contributed by atoms with van der Waals surface area (Å²) in [5.41, 5.74) is 5.45. The van der Waals surface area contributed by atoms with Crippen molar-refractivity contribution in [3.05, 3.63) is 0 Å². The van der Waals surface area contributed by atoms with Gasteiger partial charge in [-0.2, -0.15) is 13.2 Å². The molecule has 1 amide bonds. The van der Waals surface area contributed by atoms with E-state index in [1.807, 2.05) is 6.92 Å². The first kappa shape index (κ1) is 14.2. The number of halogens is 3. The van der Waals surface area contributed by atoms with Crippen molar-refractivity contribution >= 4 is 5.91 Å². The molecule has 0 aliphatic rings. The second-order valence-corrected chi connectivity index (χ2v) is 3.62. The number of alkyl halides is 3. The van der Waals surface area contributed by atoms with Gasteiger partial charge in [-0.1, -0.05) is 13.3 Å². The molecular formula is C9H17F3N2O. The average molecular weight is 226 g/mol. The van der Waals surface area contributed by atoms with Crippen LogP contribution in [-0.2, 0) is 4.79 Å². The number of rotatable bonds is 5. The number of hydrogen-bond donors (Lipinski definition) is 2. The first-order valence-electron chi connectivity index (χ1n) is 4.89. The molecule has 1 unspecified atom stereocenters. The Morgan fingerprint density at radius 3 is 2.40 bits per heavy atom. The van der Waals surface area contributed by atoms with Gasteiger partial charge in [0.15, 0.2) is 0 Å². The van der Waals surface area contributed by atoms with Crippen LogP contribution in [0.4, 0.5) is 13.2 Å². The van der Waals surface area contributed by atoms with Crippen LogP contribution in [0.25, 0.3) is 0 Å². The summed E-state index contributed by atoms with van der Waals surface area (Å²) in [5, 5.41) is 2.24. The highest BCUT2D eigenvalue weighted by Gasteiger charge is 2.31. The van der Waals surface area contributed by atoms with Crippen molar-refractivity contribution in [1.82, 2.24) is 5.32 Å². The smallest absolute Gasteiger partial charge is 0.352 e. The lowest BCUT2D eigenvalue weighted by atomic mass is 10.1. The number of carbonyl (C=O) groups is 1. The molecule has 0 saturated heterocycles.